The van der Waals surface area contributed by atoms with Crippen molar-refractivity contribution in [2.45, 2.75) is 46.1 Å². The minimum Gasteiger partial charge on any atom is -0.350 e. The number of nitrogens with one attached hydrogen (secondary N) is 2. The molecule has 1 atom stereocenters. The van der Waals surface area contributed by atoms with Crippen LogP contribution >= 0.6 is 0 Å². The molecular weight excluding hydrogens is 282 g/mol. The van der Waals surface area contributed by atoms with E-state index in [1.807, 2.05) is 34.6 Å². The average Bonchev–Trinajstić information content (AvgIpc) is 2.43. The molecule has 0 saturated heterocycles. The first-order valence-corrected chi connectivity index (χ1v) is 7.47. The van der Waals surface area contributed by atoms with E-state index in [1.54, 1.807) is 12.1 Å². The van der Waals surface area contributed by atoms with E-state index in [-0.39, 0.29) is 23.1 Å². The lowest BCUT2D eigenvalue weighted by molar-refractivity contribution is -0.386. The highest BCUT2D eigenvalue weighted by Crippen LogP contribution is 2.31. The van der Waals surface area contributed by atoms with Crippen molar-refractivity contribution >= 4 is 11.6 Å². The Balaban J connectivity index is 2.95. The molecule has 1 amide bonds. The normalized spacial score (nSPS) is 12.8. The highest BCUT2D eigenvalue weighted by atomic mass is 16.6. The maximum Gasteiger partial charge on any atom is 0.273 e. The van der Waals surface area contributed by atoms with Crippen LogP contribution < -0.4 is 10.6 Å². The SMILES string of the molecule is CCN[C@H](C)CNC(=O)c1ccc(C(C)(C)C)c([N+](=O)[O-])c1. The molecule has 0 radical (unpaired) electrons. The highest BCUT2D eigenvalue weighted by molar-refractivity contribution is 5.95. The van der Waals surface area contributed by atoms with Gasteiger partial charge in [0.05, 0.1) is 4.92 Å². The number of hydrogen-bond donors (Lipinski definition) is 2. The molecule has 0 aliphatic rings. The molecule has 0 fully saturated rings. The number of benzene rings is 1. The molecule has 0 aliphatic heterocycles. The molecule has 1 rings (SSSR count). The van der Waals surface area contributed by atoms with Gasteiger partial charge >= 0.3 is 0 Å². The van der Waals surface area contributed by atoms with Gasteiger partial charge < -0.3 is 10.6 Å². The van der Waals surface area contributed by atoms with E-state index in [4.69, 9.17) is 0 Å². The fourth-order valence-electron chi connectivity index (χ4n) is 2.23. The molecule has 0 heterocycles. The lowest BCUT2D eigenvalue weighted by Gasteiger charge is -2.19. The standard InChI is InChI=1S/C16H25N3O3/c1-6-17-11(2)10-18-15(20)12-7-8-13(16(3,4)5)14(9-12)19(21)22/h7-9,11,17H,6,10H2,1-5H3,(H,18,20)/t11-/m1/s1. The monoisotopic (exact) mass is 307 g/mol. The fraction of sp³-hybridized carbons (Fsp3) is 0.562. The second-order valence-corrected chi connectivity index (χ2v) is 6.41. The van der Waals surface area contributed by atoms with E-state index in [0.717, 1.165) is 6.54 Å². The van der Waals surface area contributed by atoms with Crippen molar-refractivity contribution in [3.63, 3.8) is 0 Å². The molecule has 0 bridgehead atoms. The molecule has 2 N–H and O–H groups in total. The summed E-state index contributed by atoms with van der Waals surface area (Å²) in [4.78, 5) is 23.0. The molecule has 0 saturated carbocycles. The van der Waals surface area contributed by atoms with Crippen LogP contribution in [0.4, 0.5) is 5.69 Å². The Labute approximate surface area is 131 Å². The molecular formula is C16H25N3O3. The van der Waals surface area contributed by atoms with Crippen molar-refractivity contribution in [2.24, 2.45) is 0 Å². The molecule has 6 nitrogen and oxygen atoms in total. The van der Waals surface area contributed by atoms with Crippen molar-refractivity contribution in [3.05, 3.63) is 39.4 Å². The summed E-state index contributed by atoms with van der Waals surface area (Å²) in [7, 11) is 0. The zero-order valence-electron chi connectivity index (χ0n) is 13.9. The van der Waals surface area contributed by atoms with Gasteiger partial charge in [0, 0.05) is 29.8 Å². The quantitative estimate of drug-likeness (QED) is 0.625. The third kappa shape index (κ3) is 4.80. The Kier molecular flexibility index (Phi) is 6.05. The van der Waals surface area contributed by atoms with Crippen LogP contribution in [-0.2, 0) is 5.41 Å². The number of hydrogen-bond acceptors (Lipinski definition) is 4. The van der Waals surface area contributed by atoms with Gasteiger partial charge in [-0.1, -0.05) is 33.8 Å². The first-order chi connectivity index (χ1) is 10.2. The number of nitrogens with zero attached hydrogens (tertiary/aromatic N) is 1. The summed E-state index contributed by atoms with van der Waals surface area (Å²) in [6.45, 7) is 11.0. The Hall–Kier alpha value is -1.95. The van der Waals surface area contributed by atoms with Gasteiger partial charge in [0.1, 0.15) is 0 Å². The van der Waals surface area contributed by atoms with Crippen LogP contribution in [0.2, 0.25) is 0 Å². The zero-order chi connectivity index (χ0) is 16.9. The van der Waals surface area contributed by atoms with E-state index < -0.39 is 4.92 Å². The van der Waals surface area contributed by atoms with Crippen LogP contribution in [0, 0.1) is 10.1 Å². The molecule has 0 aromatic heterocycles. The number of carbonyl (C=O) groups is 1. The summed E-state index contributed by atoms with van der Waals surface area (Å²) in [5.74, 6) is -0.298. The number of rotatable bonds is 6. The Morgan fingerprint density at radius 2 is 2.00 bits per heavy atom. The van der Waals surface area contributed by atoms with Gasteiger partial charge in [-0.25, -0.2) is 0 Å². The van der Waals surface area contributed by atoms with Gasteiger partial charge in [-0.3, -0.25) is 14.9 Å². The average molecular weight is 307 g/mol. The van der Waals surface area contributed by atoms with E-state index in [2.05, 4.69) is 10.6 Å². The van der Waals surface area contributed by atoms with Gasteiger partial charge in [-0.15, -0.1) is 0 Å². The Morgan fingerprint density at radius 3 is 2.50 bits per heavy atom. The summed E-state index contributed by atoms with van der Waals surface area (Å²) >= 11 is 0. The minimum atomic E-state index is -0.432. The number of amides is 1. The van der Waals surface area contributed by atoms with Crippen molar-refractivity contribution in [2.75, 3.05) is 13.1 Å². The molecule has 22 heavy (non-hydrogen) atoms. The van der Waals surface area contributed by atoms with E-state index in [1.165, 1.54) is 6.07 Å². The lowest BCUT2D eigenvalue weighted by Crippen LogP contribution is -2.38. The first-order valence-electron chi connectivity index (χ1n) is 7.47. The minimum absolute atomic E-state index is 0.0140. The summed E-state index contributed by atoms with van der Waals surface area (Å²) in [5, 5.41) is 17.2. The highest BCUT2D eigenvalue weighted by Gasteiger charge is 2.26. The summed E-state index contributed by atoms with van der Waals surface area (Å²) in [5.41, 5.74) is 0.565. The van der Waals surface area contributed by atoms with Crippen LogP contribution in [-0.4, -0.2) is 30.0 Å². The van der Waals surface area contributed by atoms with E-state index in [0.29, 0.717) is 17.7 Å². The number of nitro benzene ring substituents is 1. The second kappa shape index (κ2) is 7.35. The third-order valence-electron chi connectivity index (χ3n) is 3.39. The summed E-state index contributed by atoms with van der Waals surface area (Å²) < 4.78 is 0. The summed E-state index contributed by atoms with van der Waals surface area (Å²) in [6, 6.07) is 4.81. The number of likely N-dealkylation sites (N-methyl/N-ethyl adjacent to an activating group) is 1. The predicted octanol–water partition coefficient (Wildman–Crippen LogP) is 2.62. The molecule has 0 unspecified atom stereocenters. The maximum absolute atomic E-state index is 12.1. The van der Waals surface area contributed by atoms with Gasteiger partial charge in [0.25, 0.3) is 11.6 Å². The van der Waals surface area contributed by atoms with Crippen molar-refractivity contribution in [1.82, 2.24) is 10.6 Å². The number of carbonyl (C=O) groups excluding carboxylic acids is 1. The van der Waals surface area contributed by atoms with Crippen LogP contribution in [0.3, 0.4) is 0 Å². The molecule has 0 aliphatic carbocycles. The van der Waals surface area contributed by atoms with Crippen molar-refractivity contribution in [1.29, 1.82) is 0 Å². The second-order valence-electron chi connectivity index (χ2n) is 6.41. The lowest BCUT2D eigenvalue weighted by atomic mass is 9.85. The van der Waals surface area contributed by atoms with Crippen LogP contribution in [0.5, 0.6) is 0 Å². The maximum atomic E-state index is 12.1. The third-order valence-corrected chi connectivity index (χ3v) is 3.39. The van der Waals surface area contributed by atoms with Crippen LogP contribution in [0.25, 0.3) is 0 Å². The van der Waals surface area contributed by atoms with Gasteiger partial charge in [-0.2, -0.15) is 0 Å². The van der Waals surface area contributed by atoms with Crippen LogP contribution in [0.1, 0.15) is 50.5 Å². The summed E-state index contributed by atoms with van der Waals surface area (Å²) in [6.07, 6.45) is 0. The molecule has 6 heteroatoms. The first kappa shape index (κ1) is 18.1. The number of nitro groups is 1. The molecule has 1 aromatic rings. The van der Waals surface area contributed by atoms with Gasteiger partial charge in [0.2, 0.25) is 0 Å². The largest absolute Gasteiger partial charge is 0.350 e. The smallest absolute Gasteiger partial charge is 0.273 e. The van der Waals surface area contributed by atoms with Crippen molar-refractivity contribution < 1.29 is 9.72 Å². The zero-order valence-corrected chi connectivity index (χ0v) is 13.9. The topological polar surface area (TPSA) is 84.3 Å². The van der Waals surface area contributed by atoms with E-state index >= 15 is 0 Å². The van der Waals surface area contributed by atoms with E-state index in [9.17, 15) is 14.9 Å². The molecule has 0 spiro atoms. The molecule has 1 aromatic carbocycles. The molecule has 122 valence electrons. The van der Waals surface area contributed by atoms with Crippen LogP contribution in [0.15, 0.2) is 18.2 Å². The van der Waals surface area contributed by atoms with Gasteiger partial charge in [-0.05, 0) is 24.9 Å². The fourth-order valence-corrected chi connectivity index (χ4v) is 2.23. The Bertz CT molecular complexity index is 550. The predicted molar refractivity (Wildman–Crippen MR) is 87.3 cm³/mol. The Morgan fingerprint density at radius 1 is 1.36 bits per heavy atom. The van der Waals surface area contributed by atoms with Crippen molar-refractivity contribution in [3.8, 4) is 0 Å². The van der Waals surface area contributed by atoms with Gasteiger partial charge in [0.15, 0.2) is 0 Å².